The van der Waals surface area contributed by atoms with E-state index in [0.717, 1.165) is 0 Å². The molecule has 29 heavy (non-hydrogen) atoms. The first-order valence-electron chi connectivity index (χ1n) is 8.17. The molecule has 0 heterocycles. The van der Waals surface area contributed by atoms with E-state index in [0.29, 0.717) is 5.56 Å². The predicted octanol–water partition coefficient (Wildman–Crippen LogP) is 0.447. The molecule has 0 amide bonds. The van der Waals surface area contributed by atoms with Crippen molar-refractivity contribution in [3.05, 3.63) is 39.4 Å². The van der Waals surface area contributed by atoms with Gasteiger partial charge in [-0.2, -0.15) is 0 Å². The van der Waals surface area contributed by atoms with Gasteiger partial charge in [-0.1, -0.05) is 6.07 Å². The average Bonchev–Trinajstić information content (AvgIpc) is 2.58. The van der Waals surface area contributed by atoms with Gasteiger partial charge in [-0.25, -0.2) is 14.4 Å². The lowest BCUT2D eigenvalue weighted by atomic mass is 10.0. The van der Waals surface area contributed by atoms with E-state index < -0.39 is 40.6 Å². The Labute approximate surface area is 165 Å². The molecule has 12 nitrogen and oxygen atoms in total. The number of carboxylic acids is 2. The third kappa shape index (κ3) is 8.64. The summed E-state index contributed by atoms with van der Waals surface area (Å²) in [7, 11) is 0. The van der Waals surface area contributed by atoms with Gasteiger partial charge in [0, 0.05) is 12.1 Å². The number of rotatable bonds is 6. The monoisotopic (exact) mass is 416 g/mol. The van der Waals surface area contributed by atoms with Crippen LogP contribution < -0.4 is 5.73 Å². The molecule has 3 atom stereocenters. The molecule has 1 rings (SSSR count). The van der Waals surface area contributed by atoms with Crippen LogP contribution >= 0.6 is 0 Å². The van der Waals surface area contributed by atoms with Crippen molar-refractivity contribution in [1.82, 2.24) is 0 Å². The summed E-state index contributed by atoms with van der Waals surface area (Å²) in [6.45, 7) is 6.82. The molecule has 0 aliphatic rings. The number of aliphatic hydroxyl groups excluding tert-OH is 2. The van der Waals surface area contributed by atoms with E-state index >= 15 is 0 Å². The zero-order valence-corrected chi connectivity index (χ0v) is 16.2. The minimum atomic E-state index is -2.27. The van der Waals surface area contributed by atoms with Crippen LogP contribution in [0.15, 0.2) is 18.2 Å². The lowest BCUT2D eigenvalue weighted by Crippen LogP contribution is -2.39. The van der Waals surface area contributed by atoms with Crippen molar-refractivity contribution >= 4 is 23.6 Å². The summed E-state index contributed by atoms with van der Waals surface area (Å²) in [6, 6.07) is 3.94. The Hall–Kier alpha value is -3.09. The number of carbonyl (C=O) groups is 3. The summed E-state index contributed by atoms with van der Waals surface area (Å²) in [5.41, 5.74) is 5.21. The smallest absolute Gasteiger partial charge is 0.345 e. The normalized spacial score (nSPS) is 13.9. The van der Waals surface area contributed by atoms with Crippen LogP contribution in [0.25, 0.3) is 0 Å². The second-order valence-corrected chi connectivity index (χ2v) is 6.89. The Kier molecular flexibility index (Phi) is 9.34. The third-order valence-corrected chi connectivity index (χ3v) is 3.17. The molecule has 0 aromatic heterocycles. The number of aliphatic carboxylic acids is 2. The van der Waals surface area contributed by atoms with Crippen LogP contribution in [0.2, 0.25) is 0 Å². The van der Waals surface area contributed by atoms with Crippen LogP contribution in [-0.2, 0) is 14.3 Å². The molecule has 0 aliphatic carbocycles. The first-order chi connectivity index (χ1) is 13.1. The molecule has 0 fully saturated rings. The third-order valence-electron chi connectivity index (χ3n) is 3.17. The molecular weight excluding hydrogens is 392 g/mol. The van der Waals surface area contributed by atoms with Gasteiger partial charge in [-0.05, 0) is 39.3 Å². The summed E-state index contributed by atoms with van der Waals surface area (Å²) in [5.74, 6) is -4.25. The molecule has 2 unspecified atom stereocenters. The fraction of sp³-hybridized carbons (Fsp3) is 0.471. The van der Waals surface area contributed by atoms with Gasteiger partial charge in [-0.3, -0.25) is 10.1 Å². The average molecular weight is 416 g/mol. The largest absolute Gasteiger partial charge is 0.479 e. The minimum Gasteiger partial charge on any atom is -0.479 e. The highest BCUT2D eigenvalue weighted by molar-refractivity contribution is 5.94. The number of nitrogens with two attached hydrogens (primary N) is 1. The van der Waals surface area contributed by atoms with E-state index in [1.807, 2.05) is 0 Å². The number of ether oxygens (including phenoxy) is 1. The Balaban J connectivity index is 0.000000665. The Morgan fingerprint density at radius 3 is 1.86 bits per heavy atom. The summed E-state index contributed by atoms with van der Waals surface area (Å²) in [4.78, 5) is 41.9. The summed E-state index contributed by atoms with van der Waals surface area (Å²) in [5, 5.41) is 43.5. The minimum absolute atomic E-state index is 0.0654. The summed E-state index contributed by atoms with van der Waals surface area (Å²) in [6.07, 6.45) is -4.53. The zero-order valence-electron chi connectivity index (χ0n) is 16.2. The fourth-order valence-electron chi connectivity index (χ4n) is 1.76. The number of hydrogen-bond donors (Lipinski definition) is 5. The molecule has 6 N–H and O–H groups in total. The van der Waals surface area contributed by atoms with Crippen LogP contribution in [0.3, 0.4) is 0 Å². The zero-order chi connectivity index (χ0) is 23.1. The highest BCUT2D eigenvalue weighted by Gasteiger charge is 2.29. The van der Waals surface area contributed by atoms with Crippen LogP contribution in [0.5, 0.6) is 0 Å². The van der Waals surface area contributed by atoms with Gasteiger partial charge in [-0.15, -0.1) is 0 Å². The van der Waals surface area contributed by atoms with Crippen molar-refractivity contribution in [2.24, 2.45) is 5.73 Å². The Morgan fingerprint density at radius 2 is 1.55 bits per heavy atom. The van der Waals surface area contributed by atoms with Gasteiger partial charge in [0.25, 0.3) is 5.69 Å². The number of nitro benzene ring substituents is 1. The predicted molar refractivity (Wildman–Crippen MR) is 98.2 cm³/mol. The van der Waals surface area contributed by atoms with Crippen molar-refractivity contribution in [2.75, 3.05) is 0 Å². The van der Waals surface area contributed by atoms with Crippen LogP contribution in [0.4, 0.5) is 5.69 Å². The van der Waals surface area contributed by atoms with Gasteiger partial charge in [0.05, 0.1) is 4.92 Å². The van der Waals surface area contributed by atoms with Crippen molar-refractivity contribution in [3.63, 3.8) is 0 Å². The number of nitro groups is 1. The van der Waals surface area contributed by atoms with Crippen molar-refractivity contribution < 1.29 is 44.5 Å². The van der Waals surface area contributed by atoms with Crippen molar-refractivity contribution in [2.45, 2.75) is 51.5 Å². The topological polar surface area (TPSA) is 211 Å². The van der Waals surface area contributed by atoms with E-state index in [1.54, 1.807) is 33.8 Å². The number of carboxylic acid groups (broad SMARTS) is 2. The summed E-state index contributed by atoms with van der Waals surface area (Å²) < 4.78 is 5.14. The van der Waals surface area contributed by atoms with Crippen LogP contribution in [-0.4, -0.2) is 61.1 Å². The number of aliphatic hydroxyl groups is 2. The van der Waals surface area contributed by atoms with Crippen LogP contribution in [0, 0.1) is 10.1 Å². The van der Waals surface area contributed by atoms with Gasteiger partial charge in [0.1, 0.15) is 11.2 Å². The lowest BCUT2D eigenvalue weighted by Gasteiger charge is -2.19. The van der Waals surface area contributed by atoms with E-state index in [4.69, 9.17) is 30.9 Å². The van der Waals surface area contributed by atoms with Gasteiger partial charge in [0.2, 0.25) is 0 Å². The second kappa shape index (κ2) is 10.5. The first kappa shape index (κ1) is 25.9. The molecule has 12 heteroatoms. The molecule has 162 valence electrons. The number of esters is 1. The lowest BCUT2D eigenvalue weighted by molar-refractivity contribution is -0.385. The molecule has 1 aromatic rings. The maximum absolute atomic E-state index is 11.9. The molecule has 0 saturated carbocycles. The number of hydrogen-bond acceptors (Lipinski definition) is 9. The van der Waals surface area contributed by atoms with Gasteiger partial charge >= 0.3 is 17.9 Å². The molecule has 0 bridgehead atoms. The molecule has 0 spiro atoms. The van der Waals surface area contributed by atoms with E-state index in [-0.39, 0.29) is 17.3 Å². The quantitative estimate of drug-likeness (QED) is 0.244. The van der Waals surface area contributed by atoms with Gasteiger partial charge in [0.15, 0.2) is 12.2 Å². The fourth-order valence-corrected chi connectivity index (χ4v) is 1.76. The summed E-state index contributed by atoms with van der Waals surface area (Å²) >= 11 is 0. The van der Waals surface area contributed by atoms with E-state index in [9.17, 15) is 24.5 Å². The first-order valence-corrected chi connectivity index (χ1v) is 8.17. The number of nitrogens with zero attached hydrogens (tertiary/aromatic N) is 1. The highest BCUT2D eigenvalue weighted by Crippen LogP contribution is 2.25. The Morgan fingerprint density at radius 1 is 1.10 bits per heavy atom. The molecule has 0 saturated heterocycles. The number of benzene rings is 1. The highest BCUT2D eigenvalue weighted by atomic mass is 16.6. The van der Waals surface area contributed by atoms with Gasteiger partial charge < -0.3 is 30.9 Å². The second-order valence-electron chi connectivity index (χ2n) is 6.89. The SMILES string of the molecule is C[C@@H](N)c1ccc(C(=O)OC(C)(C)C)c([N+](=O)[O-])c1.O=C(O)C(O)C(O)C(=O)O. The standard InChI is InChI=1S/C13H18N2O4.C4H6O6/c1-8(14)9-5-6-10(11(7-9)15(17)18)12(16)19-13(2,3)4;5-1(3(7)8)2(6)4(9)10/h5-8H,14H2,1-4H3;1-2,5-6H,(H,7,8)(H,9,10)/t8-;/m1./s1. The molecule has 1 aromatic carbocycles. The van der Waals surface area contributed by atoms with Crippen LogP contribution in [0.1, 0.15) is 49.7 Å². The maximum Gasteiger partial charge on any atom is 0.345 e. The van der Waals surface area contributed by atoms with Crippen molar-refractivity contribution in [1.29, 1.82) is 0 Å². The van der Waals surface area contributed by atoms with E-state index in [1.165, 1.54) is 12.1 Å². The van der Waals surface area contributed by atoms with E-state index in [2.05, 4.69) is 0 Å². The molecule has 0 aliphatic heterocycles. The molecule has 0 radical (unpaired) electrons. The van der Waals surface area contributed by atoms with Crippen molar-refractivity contribution in [3.8, 4) is 0 Å². The molecular formula is C17H24N2O10. The Bertz CT molecular complexity index is 752. The maximum atomic E-state index is 11.9. The number of carbonyl (C=O) groups excluding carboxylic acids is 1.